The molecule has 0 unspecified atom stereocenters. The molecule has 0 saturated carbocycles. The average Bonchev–Trinajstić information content (AvgIpc) is 2.65. The topological polar surface area (TPSA) is 54.5 Å². The van der Waals surface area contributed by atoms with E-state index in [1.807, 2.05) is 26.0 Å². The summed E-state index contributed by atoms with van der Waals surface area (Å²) in [5.74, 6) is 0.593. The van der Waals surface area contributed by atoms with E-state index in [4.69, 9.17) is 0 Å². The molecule has 0 aliphatic carbocycles. The predicted octanol–water partition coefficient (Wildman–Crippen LogP) is 1.74. The highest BCUT2D eigenvalue weighted by atomic mass is 15.5. The number of allylic oxidation sites excluding steroid dienone is 5. The number of aromatic nitrogens is 4. The quantitative estimate of drug-likeness (QED) is 0.713. The molecule has 4 heteroatoms. The molecule has 1 rings (SSSR count). The summed E-state index contributed by atoms with van der Waals surface area (Å²) in [5.41, 5.74) is 2.03. The maximum Gasteiger partial charge on any atom is 0.204 e. The first-order chi connectivity index (χ1) is 6.29. The molecule has 0 spiro atoms. The fourth-order valence-corrected chi connectivity index (χ4v) is 0.932. The molecule has 1 N–H and O–H groups in total. The van der Waals surface area contributed by atoms with Gasteiger partial charge in [0.25, 0.3) is 0 Å². The van der Waals surface area contributed by atoms with Crippen molar-refractivity contribution in [2.75, 3.05) is 0 Å². The standard InChI is InChI=1S/C9H12N4/c1-4-6-8(7(3)5-2)9-10-12-13-11-9/h4-6H,1H2,2-3H3,(H,10,11,12,13)/b7-5-,8-6+. The van der Waals surface area contributed by atoms with Gasteiger partial charge in [-0.1, -0.05) is 24.8 Å². The number of aromatic amines is 1. The third-order valence-corrected chi connectivity index (χ3v) is 1.73. The monoisotopic (exact) mass is 176 g/mol. The molecule has 1 aromatic rings. The summed E-state index contributed by atoms with van der Waals surface area (Å²) in [6, 6.07) is 0. The van der Waals surface area contributed by atoms with E-state index < -0.39 is 0 Å². The van der Waals surface area contributed by atoms with E-state index in [1.165, 1.54) is 0 Å². The third-order valence-electron chi connectivity index (χ3n) is 1.73. The SMILES string of the molecule is C=C/C=C(\C(C)=C/C)c1nn[nH]n1. The molecule has 1 heterocycles. The third kappa shape index (κ3) is 2.11. The smallest absolute Gasteiger partial charge is 0.177 e. The zero-order valence-electron chi connectivity index (χ0n) is 7.78. The van der Waals surface area contributed by atoms with Crippen LogP contribution in [0.5, 0.6) is 0 Å². The molecule has 1 aromatic heterocycles. The van der Waals surface area contributed by atoms with E-state index in [9.17, 15) is 0 Å². The van der Waals surface area contributed by atoms with Crippen molar-refractivity contribution in [3.05, 3.63) is 36.2 Å². The van der Waals surface area contributed by atoms with Crippen molar-refractivity contribution in [1.82, 2.24) is 20.6 Å². The largest absolute Gasteiger partial charge is 0.204 e. The molecule has 0 amide bonds. The van der Waals surface area contributed by atoms with Crippen LogP contribution in [0.3, 0.4) is 0 Å². The first-order valence-corrected chi connectivity index (χ1v) is 3.99. The molecule has 68 valence electrons. The van der Waals surface area contributed by atoms with Crippen LogP contribution in [0.4, 0.5) is 0 Å². The van der Waals surface area contributed by atoms with Crippen molar-refractivity contribution in [3.8, 4) is 0 Å². The van der Waals surface area contributed by atoms with E-state index in [2.05, 4.69) is 27.2 Å². The van der Waals surface area contributed by atoms with E-state index in [0.717, 1.165) is 11.1 Å². The Labute approximate surface area is 77.1 Å². The van der Waals surface area contributed by atoms with E-state index in [1.54, 1.807) is 6.08 Å². The zero-order chi connectivity index (χ0) is 9.68. The van der Waals surface area contributed by atoms with Crippen LogP contribution in [0.2, 0.25) is 0 Å². The molecule has 0 aliphatic rings. The number of rotatable bonds is 3. The molecule has 0 saturated heterocycles. The lowest BCUT2D eigenvalue weighted by molar-refractivity contribution is 0.881. The van der Waals surface area contributed by atoms with Crippen molar-refractivity contribution < 1.29 is 0 Å². The van der Waals surface area contributed by atoms with Crippen molar-refractivity contribution >= 4 is 5.57 Å². The van der Waals surface area contributed by atoms with Gasteiger partial charge in [0.1, 0.15) is 0 Å². The van der Waals surface area contributed by atoms with Crippen LogP contribution in [0.25, 0.3) is 5.57 Å². The lowest BCUT2D eigenvalue weighted by Crippen LogP contribution is -1.89. The minimum Gasteiger partial charge on any atom is -0.177 e. The number of hydrogen-bond donors (Lipinski definition) is 1. The number of tetrazole rings is 1. The van der Waals surface area contributed by atoms with Crippen LogP contribution in [0.1, 0.15) is 19.7 Å². The number of nitrogens with one attached hydrogen (secondary N) is 1. The summed E-state index contributed by atoms with van der Waals surface area (Å²) in [6.07, 6.45) is 5.56. The predicted molar refractivity (Wildman–Crippen MR) is 51.8 cm³/mol. The van der Waals surface area contributed by atoms with Gasteiger partial charge < -0.3 is 0 Å². The van der Waals surface area contributed by atoms with Crippen LogP contribution in [-0.4, -0.2) is 20.6 Å². The highest BCUT2D eigenvalue weighted by Gasteiger charge is 2.06. The van der Waals surface area contributed by atoms with Gasteiger partial charge in [-0.3, -0.25) is 0 Å². The lowest BCUT2D eigenvalue weighted by Gasteiger charge is -1.99. The Morgan fingerprint density at radius 1 is 1.54 bits per heavy atom. The second-order valence-electron chi connectivity index (χ2n) is 2.52. The van der Waals surface area contributed by atoms with Gasteiger partial charge in [-0.25, -0.2) is 0 Å². The summed E-state index contributed by atoms with van der Waals surface area (Å²) in [7, 11) is 0. The molecule has 0 fully saturated rings. The van der Waals surface area contributed by atoms with Crippen LogP contribution in [0.15, 0.2) is 30.4 Å². The van der Waals surface area contributed by atoms with Crippen molar-refractivity contribution in [3.63, 3.8) is 0 Å². The molecule has 0 aliphatic heterocycles. The molecule has 0 bridgehead atoms. The number of H-pyrrole nitrogens is 1. The highest BCUT2D eigenvalue weighted by molar-refractivity contribution is 5.75. The Kier molecular flexibility index (Phi) is 3.14. The van der Waals surface area contributed by atoms with Gasteiger partial charge in [-0.05, 0) is 24.6 Å². The van der Waals surface area contributed by atoms with Crippen LogP contribution < -0.4 is 0 Å². The van der Waals surface area contributed by atoms with Crippen molar-refractivity contribution in [2.45, 2.75) is 13.8 Å². The van der Waals surface area contributed by atoms with Crippen LogP contribution in [-0.2, 0) is 0 Å². The molecule has 0 atom stereocenters. The second kappa shape index (κ2) is 4.35. The summed E-state index contributed by atoms with van der Waals surface area (Å²) in [4.78, 5) is 0. The summed E-state index contributed by atoms with van der Waals surface area (Å²) in [6.45, 7) is 7.59. The van der Waals surface area contributed by atoms with Gasteiger partial charge >= 0.3 is 0 Å². The molecule has 4 nitrogen and oxygen atoms in total. The lowest BCUT2D eigenvalue weighted by atomic mass is 10.1. The van der Waals surface area contributed by atoms with Crippen LogP contribution >= 0.6 is 0 Å². The van der Waals surface area contributed by atoms with E-state index in [0.29, 0.717) is 5.82 Å². The maximum absolute atomic E-state index is 3.90. The maximum atomic E-state index is 3.90. The molecular weight excluding hydrogens is 164 g/mol. The van der Waals surface area contributed by atoms with E-state index in [-0.39, 0.29) is 0 Å². The summed E-state index contributed by atoms with van der Waals surface area (Å²) in [5, 5.41) is 13.7. The van der Waals surface area contributed by atoms with Crippen LogP contribution in [0, 0.1) is 0 Å². The summed E-state index contributed by atoms with van der Waals surface area (Å²) < 4.78 is 0. The number of hydrogen-bond acceptors (Lipinski definition) is 3. The van der Waals surface area contributed by atoms with E-state index >= 15 is 0 Å². The highest BCUT2D eigenvalue weighted by Crippen LogP contribution is 2.17. The normalized spacial score (nSPS) is 13.1. The Morgan fingerprint density at radius 3 is 2.77 bits per heavy atom. The van der Waals surface area contributed by atoms with Crippen molar-refractivity contribution in [1.29, 1.82) is 0 Å². The number of nitrogens with zero attached hydrogens (tertiary/aromatic N) is 3. The first kappa shape index (κ1) is 9.38. The fraction of sp³-hybridized carbons (Fsp3) is 0.222. The molecule has 13 heavy (non-hydrogen) atoms. The Morgan fingerprint density at radius 2 is 2.31 bits per heavy atom. The molecule has 0 aromatic carbocycles. The first-order valence-electron chi connectivity index (χ1n) is 3.99. The Hall–Kier alpha value is -1.71. The fourth-order valence-electron chi connectivity index (χ4n) is 0.932. The van der Waals surface area contributed by atoms with Gasteiger partial charge in [0, 0.05) is 5.57 Å². The minimum absolute atomic E-state index is 0.593. The van der Waals surface area contributed by atoms with Gasteiger partial charge in [-0.2, -0.15) is 5.21 Å². The summed E-state index contributed by atoms with van der Waals surface area (Å²) >= 11 is 0. The molecule has 0 radical (unpaired) electrons. The second-order valence-corrected chi connectivity index (χ2v) is 2.52. The zero-order valence-corrected chi connectivity index (χ0v) is 7.78. The molecular formula is C9H12N4. The van der Waals surface area contributed by atoms with Gasteiger partial charge in [0.15, 0.2) is 0 Å². The van der Waals surface area contributed by atoms with Gasteiger partial charge in [-0.15, -0.1) is 10.2 Å². The Bertz CT molecular complexity index is 333. The Balaban J connectivity index is 3.08. The van der Waals surface area contributed by atoms with Gasteiger partial charge in [0.05, 0.1) is 0 Å². The average molecular weight is 176 g/mol. The minimum atomic E-state index is 0.593. The van der Waals surface area contributed by atoms with Gasteiger partial charge in [0.2, 0.25) is 5.82 Å². The van der Waals surface area contributed by atoms with Crippen molar-refractivity contribution in [2.24, 2.45) is 0 Å².